The van der Waals surface area contributed by atoms with Gasteiger partial charge in [-0.3, -0.25) is 0 Å². The highest BCUT2D eigenvalue weighted by Crippen LogP contribution is 2.52. The van der Waals surface area contributed by atoms with Gasteiger partial charge in [0.05, 0.1) is 0 Å². The number of fused-ring (bicyclic) bond motifs is 9. The maximum atomic E-state index is 6.32. The number of hydrogen-bond acceptors (Lipinski definition) is 1. The average Bonchev–Trinajstić information content (AvgIpc) is 3.70. The maximum absolute atomic E-state index is 6.32. The van der Waals surface area contributed by atoms with Crippen LogP contribution in [0.1, 0.15) is 25.0 Å². The molecule has 0 saturated heterocycles. The Morgan fingerprint density at radius 2 is 0.821 bits per heavy atom. The van der Waals surface area contributed by atoms with Crippen molar-refractivity contribution in [1.29, 1.82) is 0 Å². The summed E-state index contributed by atoms with van der Waals surface area (Å²) < 4.78 is 6.32. The fraction of sp³-hybridized carbons (Fsp3) is 0.0545. The van der Waals surface area contributed by atoms with Crippen molar-refractivity contribution in [1.82, 2.24) is 0 Å². The smallest absolute Gasteiger partial charge is 0.136 e. The van der Waals surface area contributed by atoms with Crippen molar-refractivity contribution < 1.29 is 4.42 Å². The third-order valence-electron chi connectivity index (χ3n) is 12.1. The van der Waals surface area contributed by atoms with Crippen LogP contribution in [0, 0.1) is 0 Å². The quantitative estimate of drug-likeness (QED) is 0.178. The number of rotatable bonds is 3. The van der Waals surface area contributed by atoms with E-state index in [0.717, 1.165) is 11.2 Å². The molecule has 0 aliphatic heterocycles. The van der Waals surface area contributed by atoms with Gasteiger partial charge in [0.25, 0.3) is 0 Å². The standard InChI is InChI=1S/C55H38O/c1-55(2)51-29-26-36(30-48(51)49-31-38-34-54-50(32-37(38)33-52(49)55)47-24-14-15-25-53(47)56-54)40-27-28-46(44-23-13-11-21-42(40)44)45-19-9-4-3-8-18-39(35-16-6-5-7-17-35)41-20-10-12-22-43(41)45/h3-34H,1-2H3. The lowest BCUT2D eigenvalue weighted by molar-refractivity contribution is 0.661. The minimum absolute atomic E-state index is 0.123. The molecule has 1 nitrogen and oxygen atoms in total. The van der Waals surface area contributed by atoms with Gasteiger partial charge in [0.1, 0.15) is 11.2 Å². The number of furan rings is 1. The van der Waals surface area contributed by atoms with Crippen molar-refractivity contribution in [3.05, 3.63) is 205 Å². The molecule has 0 atom stereocenters. The van der Waals surface area contributed by atoms with Crippen LogP contribution in [0.2, 0.25) is 0 Å². The predicted molar refractivity (Wildman–Crippen MR) is 238 cm³/mol. The molecule has 0 saturated carbocycles. The van der Waals surface area contributed by atoms with Gasteiger partial charge in [0, 0.05) is 16.2 Å². The van der Waals surface area contributed by atoms with Crippen molar-refractivity contribution >= 4 is 54.3 Å². The highest BCUT2D eigenvalue weighted by atomic mass is 16.3. The molecule has 9 aromatic carbocycles. The topological polar surface area (TPSA) is 13.1 Å². The van der Waals surface area contributed by atoms with Crippen LogP contribution in [0.5, 0.6) is 0 Å². The summed E-state index contributed by atoms with van der Waals surface area (Å²) in [6.45, 7) is 4.74. The molecule has 56 heavy (non-hydrogen) atoms. The first-order chi connectivity index (χ1) is 27.5. The Balaban J connectivity index is 1.09. The van der Waals surface area contributed by atoms with E-state index in [4.69, 9.17) is 4.42 Å². The fourth-order valence-electron chi connectivity index (χ4n) is 9.34. The lowest BCUT2D eigenvalue weighted by Gasteiger charge is -2.22. The second kappa shape index (κ2) is 12.5. The molecular formula is C55H38O. The second-order valence-corrected chi connectivity index (χ2v) is 15.6. The van der Waals surface area contributed by atoms with Crippen molar-refractivity contribution in [2.45, 2.75) is 19.3 Å². The molecule has 0 amide bonds. The third kappa shape index (κ3) is 5.01. The largest absolute Gasteiger partial charge is 0.456 e. The van der Waals surface area contributed by atoms with Crippen LogP contribution in [-0.2, 0) is 5.41 Å². The van der Waals surface area contributed by atoms with Gasteiger partial charge in [-0.25, -0.2) is 0 Å². The molecule has 1 aliphatic rings. The first-order valence-electron chi connectivity index (χ1n) is 19.5. The second-order valence-electron chi connectivity index (χ2n) is 15.6. The molecule has 1 aromatic heterocycles. The van der Waals surface area contributed by atoms with E-state index in [-0.39, 0.29) is 5.41 Å². The monoisotopic (exact) mass is 714 g/mol. The van der Waals surface area contributed by atoms with Gasteiger partial charge < -0.3 is 4.42 Å². The Morgan fingerprint density at radius 1 is 0.304 bits per heavy atom. The zero-order valence-electron chi connectivity index (χ0n) is 31.4. The number of benzene rings is 8. The highest BCUT2D eigenvalue weighted by molar-refractivity contribution is 6.13. The van der Waals surface area contributed by atoms with Gasteiger partial charge in [-0.05, 0) is 124 Å². The third-order valence-corrected chi connectivity index (χ3v) is 12.1. The van der Waals surface area contributed by atoms with Crippen LogP contribution in [-0.4, -0.2) is 0 Å². The minimum Gasteiger partial charge on any atom is -0.456 e. The molecule has 11 rings (SSSR count). The first kappa shape index (κ1) is 32.5. The van der Waals surface area contributed by atoms with E-state index in [0.29, 0.717) is 0 Å². The summed E-state index contributed by atoms with van der Waals surface area (Å²) in [6.07, 6.45) is 0. The Hall–Kier alpha value is -6.96. The van der Waals surface area contributed by atoms with E-state index < -0.39 is 0 Å². The van der Waals surface area contributed by atoms with Crippen molar-refractivity contribution in [2.75, 3.05) is 0 Å². The molecule has 1 aliphatic carbocycles. The number of hydrogen-bond donors (Lipinski definition) is 0. The van der Waals surface area contributed by atoms with Crippen molar-refractivity contribution in [2.24, 2.45) is 0 Å². The Morgan fingerprint density at radius 3 is 1.55 bits per heavy atom. The van der Waals surface area contributed by atoms with Gasteiger partial charge in [0.15, 0.2) is 0 Å². The fourth-order valence-corrected chi connectivity index (χ4v) is 9.34. The van der Waals surface area contributed by atoms with Crippen molar-refractivity contribution in [3.63, 3.8) is 0 Å². The van der Waals surface area contributed by atoms with Gasteiger partial charge >= 0.3 is 0 Å². The number of para-hydroxylation sites is 1. The zero-order chi connectivity index (χ0) is 37.4. The van der Waals surface area contributed by atoms with Gasteiger partial charge in [-0.15, -0.1) is 0 Å². The zero-order valence-corrected chi connectivity index (χ0v) is 31.4. The Kier molecular flexibility index (Phi) is 7.28. The van der Waals surface area contributed by atoms with Gasteiger partial charge in [-0.2, -0.15) is 0 Å². The molecule has 264 valence electrons. The van der Waals surface area contributed by atoms with E-state index in [1.165, 1.54) is 98.7 Å². The average molecular weight is 715 g/mol. The van der Waals surface area contributed by atoms with Gasteiger partial charge in [0.2, 0.25) is 0 Å². The molecule has 0 fully saturated rings. The van der Waals surface area contributed by atoms with Gasteiger partial charge in [-0.1, -0.05) is 172 Å². The van der Waals surface area contributed by atoms with Crippen LogP contribution in [0.4, 0.5) is 0 Å². The molecule has 0 spiro atoms. The van der Waals surface area contributed by atoms with Crippen LogP contribution in [0.3, 0.4) is 0 Å². The Bertz CT molecular complexity index is 3270. The van der Waals surface area contributed by atoms with E-state index in [1.54, 1.807) is 0 Å². The Labute approximate surface area is 326 Å². The molecular weight excluding hydrogens is 677 g/mol. The van der Waals surface area contributed by atoms with Crippen molar-refractivity contribution in [3.8, 4) is 44.5 Å². The molecule has 0 N–H and O–H groups in total. The highest BCUT2D eigenvalue weighted by Gasteiger charge is 2.36. The minimum atomic E-state index is -0.123. The lowest BCUT2D eigenvalue weighted by atomic mass is 9.81. The maximum Gasteiger partial charge on any atom is 0.136 e. The van der Waals surface area contributed by atoms with E-state index in [9.17, 15) is 0 Å². The predicted octanol–water partition coefficient (Wildman–Crippen LogP) is 15.5. The molecule has 1 heteroatoms. The SMILES string of the molecule is CC1(C)c2ccc(-c3ccc(-c4ccccccc(-c5ccccc5)c5ccccc45)c4ccccc34)cc2-c2cc3cc4oc5ccccc5c4cc3cc21. The van der Waals surface area contributed by atoms with Crippen LogP contribution in [0.25, 0.3) is 98.8 Å². The normalized spacial score (nSPS) is 13.0. The first-order valence-corrected chi connectivity index (χ1v) is 19.5. The lowest BCUT2D eigenvalue weighted by Crippen LogP contribution is -2.14. The van der Waals surface area contributed by atoms with Crippen LogP contribution < -0.4 is 0 Å². The summed E-state index contributed by atoms with van der Waals surface area (Å²) in [7, 11) is 0. The molecule has 1 heterocycles. The van der Waals surface area contributed by atoms with E-state index >= 15 is 0 Å². The molecule has 0 bridgehead atoms. The molecule has 10 aromatic rings. The molecule has 0 radical (unpaired) electrons. The van der Waals surface area contributed by atoms with Crippen LogP contribution in [0.15, 0.2) is 199 Å². The summed E-state index contributed by atoms with van der Waals surface area (Å²) in [4.78, 5) is 0. The van der Waals surface area contributed by atoms with E-state index in [1.807, 2.05) is 6.07 Å². The summed E-state index contributed by atoms with van der Waals surface area (Å²) in [5.41, 5.74) is 14.4. The van der Waals surface area contributed by atoms with E-state index in [2.05, 4.69) is 202 Å². The summed E-state index contributed by atoms with van der Waals surface area (Å²) in [5.74, 6) is 0. The summed E-state index contributed by atoms with van der Waals surface area (Å²) in [6, 6.07) is 71.0. The summed E-state index contributed by atoms with van der Waals surface area (Å²) >= 11 is 0. The van der Waals surface area contributed by atoms with Crippen LogP contribution >= 0.6 is 0 Å². The summed E-state index contributed by atoms with van der Waals surface area (Å²) in [5, 5.41) is 9.69. The molecule has 0 unspecified atom stereocenters.